The van der Waals surface area contributed by atoms with Crippen LogP contribution in [0.15, 0.2) is 36.5 Å². The van der Waals surface area contributed by atoms with E-state index in [1.165, 1.54) is 19.1 Å². The van der Waals surface area contributed by atoms with E-state index in [1.54, 1.807) is 0 Å². The van der Waals surface area contributed by atoms with Crippen molar-refractivity contribution >= 4 is 29.2 Å². The molecule has 0 bridgehead atoms. The first-order valence-corrected chi connectivity index (χ1v) is 10.1. The van der Waals surface area contributed by atoms with Gasteiger partial charge in [-0.15, -0.1) is 0 Å². The summed E-state index contributed by atoms with van der Waals surface area (Å²) in [5.74, 6) is -5.50. The topological polar surface area (TPSA) is 101 Å². The van der Waals surface area contributed by atoms with Crippen molar-refractivity contribution in [3.05, 3.63) is 70.1 Å². The molecule has 0 aliphatic carbocycles. The number of carbonyl (C=O) groups excluding carboxylic acids is 1. The maximum Gasteiger partial charge on any atom is 0.425 e. The first kappa shape index (κ1) is 25.8. The Morgan fingerprint density at radius 2 is 1.86 bits per heavy atom. The molecule has 3 rings (SSSR count). The standard InChI is InChI=1S/C22H15ClF5N3O4/c1-9-18(21(33)34)30-16(8-29-9)11-7-17(35-10(2)22(26,27)28)12(6-15(11)25)20(32)31-19-13(23)4-3-5-14(19)24/h3-8,10H,1-2H3,(H,31,32)(H,33,34). The monoisotopic (exact) mass is 515 g/mol. The number of carbonyl (C=O) groups is 2. The molecular weight excluding hydrogens is 501 g/mol. The number of halogens is 6. The molecule has 3 aromatic rings. The van der Waals surface area contributed by atoms with Crippen LogP contribution in [-0.4, -0.2) is 39.2 Å². The lowest BCUT2D eigenvalue weighted by atomic mass is 10.1. The van der Waals surface area contributed by atoms with E-state index in [-0.39, 0.29) is 16.4 Å². The Morgan fingerprint density at radius 1 is 1.17 bits per heavy atom. The van der Waals surface area contributed by atoms with Gasteiger partial charge in [-0.05, 0) is 38.1 Å². The summed E-state index contributed by atoms with van der Waals surface area (Å²) < 4.78 is 73.5. The number of hydrogen-bond acceptors (Lipinski definition) is 5. The molecule has 184 valence electrons. The zero-order valence-corrected chi connectivity index (χ0v) is 18.6. The third-order valence-corrected chi connectivity index (χ3v) is 5.03. The van der Waals surface area contributed by atoms with Crippen LogP contribution in [0.4, 0.5) is 27.6 Å². The number of nitrogens with one attached hydrogen (secondary N) is 1. The van der Waals surface area contributed by atoms with Crippen molar-refractivity contribution in [3.8, 4) is 17.0 Å². The van der Waals surface area contributed by atoms with Gasteiger partial charge in [0.15, 0.2) is 11.8 Å². The van der Waals surface area contributed by atoms with Crippen molar-refractivity contribution in [2.45, 2.75) is 26.1 Å². The Balaban J connectivity index is 2.13. The molecule has 7 nitrogen and oxygen atoms in total. The molecule has 1 aromatic heterocycles. The number of para-hydroxylation sites is 1. The van der Waals surface area contributed by atoms with Crippen molar-refractivity contribution < 1.29 is 41.4 Å². The molecule has 0 spiro atoms. The lowest BCUT2D eigenvalue weighted by molar-refractivity contribution is -0.189. The molecule has 2 aromatic carbocycles. The minimum Gasteiger partial charge on any atom is -0.480 e. The fraction of sp³-hybridized carbons (Fsp3) is 0.182. The van der Waals surface area contributed by atoms with E-state index in [1.807, 2.05) is 0 Å². The molecule has 0 fully saturated rings. The molecule has 0 saturated carbocycles. The van der Waals surface area contributed by atoms with Gasteiger partial charge in [0.2, 0.25) is 0 Å². The molecule has 0 saturated heterocycles. The largest absolute Gasteiger partial charge is 0.480 e. The Hall–Kier alpha value is -3.80. The second-order valence-electron chi connectivity index (χ2n) is 7.18. The van der Waals surface area contributed by atoms with E-state index >= 15 is 4.39 Å². The normalized spacial score (nSPS) is 12.2. The van der Waals surface area contributed by atoms with Gasteiger partial charge in [0.25, 0.3) is 5.91 Å². The van der Waals surface area contributed by atoms with Gasteiger partial charge in [0.1, 0.15) is 17.4 Å². The van der Waals surface area contributed by atoms with E-state index in [4.69, 9.17) is 16.3 Å². The highest BCUT2D eigenvalue weighted by atomic mass is 35.5. The molecule has 1 unspecified atom stereocenters. The van der Waals surface area contributed by atoms with Crippen LogP contribution in [-0.2, 0) is 0 Å². The maximum atomic E-state index is 15.0. The van der Waals surface area contributed by atoms with Gasteiger partial charge >= 0.3 is 12.1 Å². The van der Waals surface area contributed by atoms with Crippen LogP contribution in [0.5, 0.6) is 5.75 Å². The summed E-state index contributed by atoms with van der Waals surface area (Å²) in [6.45, 7) is 2.00. The highest BCUT2D eigenvalue weighted by Gasteiger charge is 2.39. The van der Waals surface area contributed by atoms with Crippen LogP contribution < -0.4 is 10.1 Å². The van der Waals surface area contributed by atoms with Crippen molar-refractivity contribution in [1.82, 2.24) is 9.97 Å². The van der Waals surface area contributed by atoms with Crippen LogP contribution in [0.3, 0.4) is 0 Å². The lowest BCUT2D eigenvalue weighted by Crippen LogP contribution is -2.32. The third-order valence-electron chi connectivity index (χ3n) is 4.71. The number of aromatic nitrogens is 2. The highest BCUT2D eigenvalue weighted by molar-refractivity contribution is 6.34. The molecular formula is C22H15ClF5N3O4. The number of carboxylic acid groups (broad SMARTS) is 1. The molecule has 1 heterocycles. The SMILES string of the molecule is Cc1ncc(-c2cc(OC(C)C(F)(F)F)c(C(=O)Nc3c(F)cccc3Cl)cc2F)nc1C(=O)O. The molecule has 2 N–H and O–H groups in total. The summed E-state index contributed by atoms with van der Waals surface area (Å²) in [5.41, 5.74) is -2.50. The van der Waals surface area contributed by atoms with E-state index in [0.717, 1.165) is 18.3 Å². The van der Waals surface area contributed by atoms with E-state index in [2.05, 4.69) is 15.3 Å². The fourth-order valence-electron chi connectivity index (χ4n) is 2.86. The number of amides is 1. The molecule has 13 heteroatoms. The smallest absolute Gasteiger partial charge is 0.425 e. The fourth-order valence-corrected chi connectivity index (χ4v) is 3.07. The predicted molar refractivity (Wildman–Crippen MR) is 115 cm³/mol. The summed E-state index contributed by atoms with van der Waals surface area (Å²) in [7, 11) is 0. The Kier molecular flexibility index (Phi) is 7.25. The van der Waals surface area contributed by atoms with Crippen LogP contribution in [0.25, 0.3) is 11.3 Å². The van der Waals surface area contributed by atoms with Gasteiger partial charge in [-0.25, -0.2) is 18.6 Å². The van der Waals surface area contributed by atoms with Gasteiger partial charge in [0.05, 0.1) is 33.9 Å². The summed E-state index contributed by atoms with van der Waals surface area (Å²) >= 11 is 5.86. The molecule has 0 aliphatic heterocycles. The number of anilines is 1. The number of alkyl halides is 3. The van der Waals surface area contributed by atoms with E-state index in [9.17, 15) is 32.3 Å². The quantitative estimate of drug-likeness (QED) is 0.411. The van der Waals surface area contributed by atoms with Crippen molar-refractivity contribution in [2.24, 2.45) is 0 Å². The summed E-state index contributed by atoms with van der Waals surface area (Å²) in [6, 6.07) is 4.79. The average molecular weight is 516 g/mol. The van der Waals surface area contributed by atoms with Gasteiger partial charge in [0, 0.05) is 5.56 Å². The second kappa shape index (κ2) is 9.82. The molecule has 1 atom stereocenters. The lowest BCUT2D eigenvalue weighted by Gasteiger charge is -2.21. The van der Waals surface area contributed by atoms with Crippen LogP contribution in [0.1, 0.15) is 33.5 Å². The number of rotatable bonds is 6. The number of carboxylic acids is 1. The maximum absolute atomic E-state index is 15.0. The summed E-state index contributed by atoms with van der Waals surface area (Å²) in [6.07, 6.45) is -6.27. The minimum absolute atomic E-state index is 0.0154. The van der Waals surface area contributed by atoms with E-state index < -0.39 is 64.0 Å². The van der Waals surface area contributed by atoms with Gasteiger partial charge in [-0.1, -0.05) is 17.7 Å². The van der Waals surface area contributed by atoms with Crippen LogP contribution in [0.2, 0.25) is 5.02 Å². The second-order valence-corrected chi connectivity index (χ2v) is 7.58. The summed E-state index contributed by atoms with van der Waals surface area (Å²) in [5, 5.41) is 11.1. The zero-order valence-electron chi connectivity index (χ0n) is 17.9. The molecule has 0 aliphatic rings. The molecule has 35 heavy (non-hydrogen) atoms. The third kappa shape index (κ3) is 5.65. The highest BCUT2D eigenvalue weighted by Crippen LogP contribution is 2.34. The Morgan fingerprint density at radius 3 is 2.46 bits per heavy atom. The first-order valence-electron chi connectivity index (χ1n) is 9.69. The number of nitrogens with zero attached hydrogens (tertiary/aromatic N) is 2. The van der Waals surface area contributed by atoms with Crippen LogP contribution >= 0.6 is 11.6 Å². The van der Waals surface area contributed by atoms with Gasteiger partial charge in [-0.3, -0.25) is 9.78 Å². The number of ether oxygens (including phenoxy) is 1. The number of aryl methyl sites for hydroxylation is 1. The number of aromatic carboxylic acids is 1. The zero-order chi connectivity index (χ0) is 26.1. The van der Waals surface area contributed by atoms with Crippen molar-refractivity contribution in [1.29, 1.82) is 0 Å². The number of benzene rings is 2. The minimum atomic E-state index is -4.85. The van der Waals surface area contributed by atoms with Crippen molar-refractivity contribution in [3.63, 3.8) is 0 Å². The van der Waals surface area contributed by atoms with Gasteiger partial charge < -0.3 is 15.2 Å². The Labute approximate surface area is 199 Å². The van der Waals surface area contributed by atoms with Crippen LogP contribution in [0, 0.1) is 18.6 Å². The number of hydrogen-bond donors (Lipinski definition) is 2. The first-order chi connectivity index (χ1) is 16.3. The van der Waals surface area contributed by atoms with Gasteiger partial charge in [-0.2, -0.15) is 13.2 Å². The van der Waals surface area contributed by atoms with Crippen molar-refractivity contribution in [2.75, 3.05) is 5.32 Å². The Bertz CT molecular complexity index is 1300. The predicted octanol–water partition coefficient (Wildman–Crippen LogP) is 5.66. The molecule has 1 amide bonds. The average Bonchev–Trinajstić information content (AvgIpc) is 2.76. The summed E-state index contributed by atoms with van der Waals surface area (Å²) in [4.78, 5) is 31.7. The van der Waals surface area contributed by atoms with E-state index in [0.29, 0.717) is 13.0 Å². The molecule has 0 radical (unpaired) electrons.